The van der Waals surface area contributed by atoms with Gasteiger partial charge < -0.3 is 5.32 Å². The van der Waals surface area contributed by atoms with Crippen molar-refractivity contribution in [3.05, 3.63) is 0 Å². The van der Waals surface area contributed by atoms with Gasteiger partial charge in [-0.1, -0.05) is 20.8 Å². The summed E-state index contributed by atoms with van der Waals surface area (Å²) < 4.78 is 23.9. The lowest BCUT2D eigenvalue weighted by Crippen LogP contribution is -2.36. The van der Waals surface area contributed by atoms with E-state index >= 15 is 0 Å². The van der Waals surface area contributed by atoms with Crippen LogP contribution in [0.4, 0.5) is 0 Å². The molecule has 0 aromatic heterocycles. The van der Waals surface area contributed by atoms with E-state index < -0.39 is 9.84 Å². The minimum atomic E-state index is -2.95. The second-order valence-electron chi connectivity index (χ2n) is 5.01. The maximum atomic E-state index is 11.9. The molecule has 0 saturated carbocycles. The number of nitrogens with one attached hydrogen (secondary N) is 1. The molecule has 0 heterocycles. The molecule has 2 atom stereocenters. The van der Waals surface area contributed by atoms with Gasteiger partial charge in [0, 0.05) is 6.54 Å². The van der Waals surface area contributed by atoms with Crippen LogP contribution in [-0.2, 0) is 9.84 Å². The summed E-state index contributed by atoms with van der Waals surface area (Å²) in [6.07, 6.45) is 1.79. The van der Waals surface area contributed by atoms with Crippen molar-refractivity contribution in [1.29, 1.82) is 0 Å². The minimum absolute atomic E-state index is 0.227. The molecule has 4 heteroatoms. The van der Waals surface area contributed by atoms with Crippen LogP contribution in [0.2, 0.25) is 0 Å². The van der Waals surface area contributed by atoms with Gasteiger partial charge in [-0.25, -0.2) is 8.42 Å². The lowest BCUT2D eigenvalue weighted by Gasteiger charge is -2.18. The summed E-state index contributed by atoms with van der Waals surface area (Å²) in [6, 6.07) is 0. The van der Waals surface area contributed by atoms with Crippen LogP contribution in [0.1, 0.15) is 47.5 Å². The van der Waals surface area contributed by atoms with E-state index in [-0.39, 0.29) is 10.5 Å². The summed E-state index contributed by atoms with van der Waals surface area (Å²) in [5.74, 6) is 0.661. The number of sulfone groups is 1. The Morgan fingerprint density at radius 3 is 2.06 bits per heavy atom. The summed E-state index contributed by atoms with van der Waals surface area (Å²) in [5, 5.41) is 2.71. The molecule has 0 bridgehead atoms. The zero-order chi connectivity index (χ0) is 12.8. The fourth-order valence-electron chi connectivity index (χ4n) is 1.44. The van der Waals surface area contributed by atoms with Crippen LogP contribution in [0.3, 0.4) is 0 Å². The summed E-state index contributed by atoms with van der Waals surface area (Å²) in [6.45, 7) is 11.3. The van der Waals surface area contributed by atoms with E-state index in [9.17, 15) is 8.42 Å². The lowest BCUT2D eigenvalue weighted by molar-refractivity contribution is 0.525. The Bertz CT molecular complexity index is 273. The highest BCUT2D eigenvalue weighted by molar-refractivity contribution is 7.92. The predicted molar refractivity (Wildman–Crippen MR) is 70.5 cm³/mol. The molecule has 0 fully saturated rings. The smallest absolute Gasteiger partial charge is 0.156 e. The number of hydrogen-bond acceptors (Lipinski definition) is 3. The second-order valence-corrected chi connectivity index (χ2v) is 7.79. The predicted octanol–water partition coefficient (Wildman–Crippen LogP) is 2.22. The summed E-state index contributed by atoms with van der Waals surface area (Å²) in [5.41, 5.74) is 0. The van der Waals surface area contributed by atoms with Gasteiger partial charge in [0.25, 0.3) is 0 Å². The zero-order valence-corrected chi connectivity index (χ0v) is 12.1. The molecule has 0 aliphatic rings. The van der Waals surface area contributed by atoms with Gasteiger partial charge in [-0.2, -0.15) is 0 Å². The molecule has 0 aromatic carbocycles. The molecule has 98 valence electrons. The highest BCUT2D eigenvalue weighted by Gasteiger charge is 2.25. The van der Waals surface area contributed by atoms with Crippen molar-refractivity contribution in [1.82, 2.24) is 5.32 Å². The van der Waals surface area contributed by atoms with Crippen LogP contribution in [0.15, 0.2) is 0 Å². The van der Waals surface area contributed by atoms with Crippen molar-refractivity contribution in [2.45, 2.75) is 58.0 Å². The van der Waals surface area contributed by atoms with Crippen LogP contribution >= 0.6 is 0 Å². The molecule has 0 saturated heterocycles. The van der Waals surface area contributed by atoms with Crippen LogP contribution in [0.5, 0.6) is 0 Å². The van der Waals surface area contributed by atoms with E-state index in [0.29, 0.717) is 18.9 Å². The molecule has 0 aromatic rings. The molecule has 3 nitrogen and oxygen atoms in total. The minimum Gasteiger partial charge on any atom is -0.315 e. The van der Waals surface area contributed by atoms with E-state index in [0.717, 1.165) is 13.0 Å². The molecular weight excluding hydrogens is 222 g/mol. The Balaban J connectivity index is 4.01. The highest BCUT2D eigenvalue weighted by atomic mass is 32.2. The third-order valence-corrected chi connectivity index (χ3v) is 5.77. The van der Waals surface area contributed by atoms with Crippen molar-refractivity contribution in [3.8, 4) is 0 Å². The van der Waals surface area contributed by atoms with Gasteiger partial charge in [-0.05, 0) is 39.2 Å². The molecule has 2 unspecified atom stereocenters. The van der Waals surface area contributed by atoms with Crippen molar-refractivity contribution < 1.29 is 8.42 Å². The molecule has 0 radical (unpaired) electrons. The molecule has 0 spiro atoms. The van der Waals surface area contributed by atoms with Gasteiger partial charge in [0.2, 0.25) is 0 Å². The van der Waals surface area contributed by atoms with Gasteiger partial charge in [-0.3, -0.25) is 0 Å². The zero-order valence-electron chi connectivity index (χ0n) is 11.3. The van der Waals surface area contributed by atoms with E-state index in [1.165, 1.54) is 0 Å². The van der Waals surface area contributed by atoms with Crippen LogP contribution in [0.25, 0.3) is 0 Å². The Labute approximate surface area is 101 Å². The monoisotopic (exact) mass is 249 g/mol. The number of hydrogen-bond donors (Lipinski definition) is 1. The molecule has 16 heavy (non-hydrogen) atoms. The Morgan fingerprint density at radius 2 is 1.62 bits per heavy atom. The average Bonchev–Trinajstić information content (AvgIpc) is 2.22. The molecule has 0 amide bonds. The number of rotatable bonds is 8. The van der Waals surface area contributed by atoms with Crippen LogP contribution in [-0.4, -0.2) is 32.0 Å². The fourth-order valence-corrected chi connectivity index (χ4v) is 3.05. The first-order valence-corrected chi connectivity index (χ1v) is 7.86. The topological polar surface area (TPSA) is 46.2 Å². The first-order chi connectivity index (χ1) is 7.32. The molecular formula is C12H27NO2S. The average molecular weight is 249 g/mol. The lowest BCUT2D eigenvalue weighted by atomic mass is 10.1. The van der Waals surface area contributed by atoms with Crippen LogP contribution in [0, 0.1) is 5.92 Å². The van der Waals surface area contributed by atoms with E-state index in [2.05, 4.69) is 19.2 Å². The second kappa shape index (κ2) is 7.28. The largest absolute Gasteiger partial charge is 0.315 e. The Hall–Kier alpha value is -0.0900. The SMILES string of the molecule is CCC(C)S(=O)(=O)C(C)CNCCC(C)C. The van der Waals surface area contributed by atoms with Crippen LogP contribution < -0.4 is 5.32 Å². The normalized spacial score (nSPS) is 16.4. The first kappa shape index (κ1) is 15.9. The third kappa shape index (κ3) is 5.30. The molecule has 1 N–H and O–H groups in total. The maximum absolute atomic E-state index is 11.9. The highest BCUT2D eigenvalue weighted by Crippen LogP contribution is 2.11. The van der Waals surface area contributed by atoms with Gasteiger partial charge in [-0.15, -0.1) is 0 Å². The third-order valence-electron chi connectivity index (χ3n) is 3.03. The maximum Gasteiger partial charge on any atom is 0.156 e. The summed E-state index contributed by atoms with van der Waals surface area (Å²) in [4.78, 5) is 0. The summed E-state index contributed by atoms with van der Waals surface area (Å²) >= 11 is 0. The van der Waals surface area contributed by atoms with E-state index in [1.54, 1.807) is 13.8 Å². The van der Waals surface area contributed by atoms with Gasteiger partial charge in [0.1, 0.15) is 0 Å². The van der Waals surface area contributed by atoms with E-state index in [4.69, 9.17) is 0 Å². The van der Waals surface area contributed by atoms with Gasteiger partial charge >= 0.3 is 0 Å². The van der Waals surface area contributed by atoms with Crippen molar-refractivity contribution >= 4 is 9.84 Å². The van der Waals surface area contributed by atoms with Gasteiger partial charge in [0.15, 0.2) is 9.84 Å². The standard InChI is InChI=1S/C12H27NO2S/c1-6-11(4)16(14,15)12(5)9-13-8-7-10(2)3/h10-13H,6-9H2,1-5H3. The van der Waals surface area contributed by atoms with Crippen molar-refractivity contribution in [3.63, 3.8) is 0 Å². The van der Waals surface area contributed by atoms with Gasteiger partial charge in [0.05, 0.1) is 10.5 Å². The fraction of sp³-hybridized carbons (Fsp3) is 1.00. The van der Waals surface area contributed by atoms with Crippen molar-refractivity contribution in [2.75, 3.05) is 13.1 Å². The van der Waals surface area contributed by atoms with Crippen molar-refractivity contribution in [2.24, 2.45) is 5.92 Å². The first-order valence-electron chi connectivity index (χ1n) is 6.25. The Kier molecular flexibility index (Phi) is 7.24. The molecule has 0 rings (SSSR count). The summed E-state index contributed by atoms with van der Waals surface area (Å²) in [7, 11) is -2.95. The molecule has 0 aliphatic carbocycles. The quantitative estimate of drug-likeness (QED) is 0.671. The molecule has 0 aliphatic heterocycles. The van der Waals surface area contributed by atoms with E-state index in [1.807, 2.05) is 6.92 Å². The Morgan fingerprint density at radius 1 is 1.06 bits per heavy atom.